The molecule has 0 unspecified atom stereocenters. The van der Waals surface area contributed by atoms with Gasteiger partial charge in [-0.1, -0.05) is 91.0 Å². The summed E-state index contributed by atoms with van der Waals surface area (Å²) >= 11 is 0. The Labute approximate surface area is 318 Å². The molecular weight excluding hydrogens is 723 g/mol. The Balaban J connectivity index is 1.42. The summed E-state index contributed by atoms with van der Waals surface area (Å²) in [6, 6.07) is 39.5. The molecule has 1 aliphatic rings. The predicted octanol–water partition coefficient (Wildman–Crippen LogP) is 7.16. The average molecular weight is 760 g/mol. The molecule has 4 atom stereocenters. The van der Waals surface area contributed by atoms with Crippen LogP contribution in [0.15, 0.2) is 157 Å². The van der Waals surface area contributed by atoms with Gasteiger partial charge in [0.2, 0.25) is 11.9 Å². The number of hydrogen-bond acceptors (Lipinski definition) is 10. The molecular formula is C43H37NO10S. The molecule has 0 bridgehead atoms. The molecule has 1 saturated heterocycles. The third-order valence-electron chi connectivity index (χ3n) is 9.28. The van der Waals surface area contributed by atoms with E-state index in [9.17, 15) is 22.8 Å². The van der Waals surface area contributed by atoms with E-state index in [1.54, 1.807) is 140 Å². The average Bonchev–Trinajstić information content (AvgIpc) is 3.63. The molecule has 1 aromatic heterocycles. The SMILES string of the molecule is CCO[C@H]1O[C@H](COC(=O)c2ccccc2)C[C@H](OC(=O)c2ccccc2)[C@]1(OC(=O)c1ccccc1)c1cn(S(=O)(=O)c2ccccc2)c2ccccc12. The molecule has 5 aromatic carbocycles. The summed E-state index contributed by atoms with van der Waals surface area (Å²) in [5.74, 6) is -2.16. The fraction of sp³-hybridized carbons (Fsp3) is 0.186. The first kappa shape index (κ1) is 37.2. The first-order valence-electron chi connectivity index (χ1n) is 17.7. The Bertz CT molecular complexity index is 2390. The van der Waals surface area contributed by atoms with Gasteiger partial charge in [0.25, 0.3) is 10.0 Å². The van der Waals surface area contributed by atoms with Crippen LogP contribution in [0.3, 0.4) is 0 Å². The van der Waals surface area contributed by atoms with E-state index in [2.05, 4.69) is 0 Å². The fourth-order valence-electron chi connectivity index (χ4n) is 6.67. The summed E-state index contributed by atoms with van der Waals surface area (Å²) in [6.45, 7) is 1.47. The van der Waals surface area contributed by atoms with Crippen molar-refractivity contribution in [1.82, 2.24) is 3.97 Å². The lowest BCUT2D eigenvalue weighted by Crippen LogP contribution is -2.61. The van der Waals surface area contributed by atoms with Crippen molar-refractivity contribution in [2.24, 2.45) is 0 Å². The quantitative estimate of drug-likeness (QED) is 0.0934. The van der Waals surface area contributed by atoms with Crippen LogP contribution in [0.1, 0.15) is 50.0 Å². The number of rotatable bonds is 12. The van der Waals surface area contributed by atoms with Crippen LogP contribution in [0.5, 0.6) is 0 Å². The van der Waals surface area contributed by atoms with Crippen molar-refractivity contribution >= 4 is 38.8 Å². The number of aromatic nitrogens is 1. The number of ether oxygens (including phenoxy) is 5. The number of carbonyl (C=O) groups excluding carboxylic acids is 3. The number of benzene rings is 5. The maximum Gasteiger partial charge on any atom is 0.339 e. The molecule has 12 heteroatoms. The molecule has 0 N–H and O–H groups in total. The van der Waals surface area contributed by atoms with Crippen LogP contribution in [0.25, 0.3) is 10.9 Å². The van der Waals surface area contributed by atoms with Gasteiger partial charge in [0.05, 0.1) is 33.2 Å². The second kappa shape index (κ2) is 16.1. The minimum Gasteiger partial charge on any atom is -0.459 e. The van der Waals surface area contributed by atoms with Gasteiger partial charge in [-0.25, -0.2) is 26.8 Å². The number of esters is 3. The van der Waals surface area contributed by atoms with E-state index in [0.29, 0.717) is 10.9 Å². The minimum atomic E-state index is -4.23. The summed E-state index contributed by atoms with van der Waals surface area (Å²) in [5, 5.41) is 0.367. The molecule has 7 rings (SSSR count). The van der Waals surface area contributed by atoms with Crippen molar-refractivity contribution in [3.05, 3.63) is 174 Å². The molecule has 0 amide bonds. The molecule has 280 valence electrons. The van der Waals surface area contributed by atoms with Gasteiger partial charge in [-0.05, 0) is 61.5 Å². The standard InChI is InChI=1S/C43H37NO10S/c1-2-50-42-43(54-41(47)32-21-11-5-12-22-32,36-28-44(37-26-16-15-25-35(36)37)55(48,49)34-23-13-6-14-24-34)38(53-40(46)31-19-9-4-10-20-31)27-33(52-42)29-51-39(45)30-17-7-3-8-18-30/h3-26,28,33,38,42H,2,27,29H2,1H3/t33-,38-,42-,43+/m0/s1. The highest BCUT2D eigenvalue weighted by Crippen LogP contribution is 2.48. The number of nitrogens with zero attached hydrogens (tertiary/aromatic N) is 1. The first-order valence-corrected chi connectivity index (χ1v) is 19.1. The summed E-state index contributed by atoms with van der Waals surface area (Å²) in [6.07, 6.45) is -2.61. The summed E-state index contributed by atoms with van der Waals surface area (Å²) in [4.78, 5) is 41.3. The van der Waals surface area contributed by atoms with Crippen LogP contribution in [-0.4, -0.2) is 62.0 Å². The largest absolute Gasteiger partial charge is 0.459 e. The Hall–Kier alpha value is -6.08. The highest BCUT2D eigenvalue weighted by Gasteiger charge is 2.60. The highest BCUT2D eigenvalue weighted by molar-refractivity contribution is 7.90. The zero-order valence-electron chi connectivity index (χ0n) is 29.7. The number of para-hydroxylation sites is 1. The van der Waals surface area contributed by atoms with Crippen molar-refractivity contribution in [2.45, 2.75) is 42.3 Å². The van der Waals surface area contributed by atoms with Crippen LogP contribution < -0.4 is 0 Å². The Morgan fingerprint density at radius 1 is 0.709 bits per heavy atom. The van der Waals surface area contributed by atoms with Crippen molar-refractivity contribution in [2.75, 3.05) is 13.2 Å². The van der Waals surface area contributed by atoms with E-state index in [1.807, 2.05) is 0 Å². The molecule has 55 heavy (non-hydrogen) atoms. The Morgan fingerprint density at radius 3 is 1.84 bits per heavy atom. The summed E-state index contributed by atoms with van der Waals surface area (Å²) < 4.78 is 61.1. The van der Waals surface area contributed by atoms with Gasteiger partial charge in [0.15, 0.2) is 6.10 Å². The van der Waals surface area contributed by atoms with Crippen LogP contribution >= 0.6 is 0 Å². The van der Waals surface area contributed by atoms with Crippen LogP contribution in [0.4, 0.5) is 0 Å². The zero-order valence-corrected chi connectivity index (χ0v) is 30.5. The van der Waals surface area contributed by atoms with Crippen molar-refractivity contribution in [1.29, 1.82) is 0 Å². The highest BCUT2D eigenvalue weighted by atomic mass is 32.2. The van der Waals surface area contributed by atoms with Gasteiger partial charge in [0.1, 0.15) is 6.61 Å². The molecule has 1 fully saturated rings. The van der Waals surface area contributed by atoms with E-state index < -0.39 is 52.0 Å². The second-order valence-corrected chi connectivity index (χ2v) is 14.5. The molecule has 6 aromatic rings. The van der Waals surface area contributed by atoms with E-state index >= 15 is 0 Å². The Morgan fingerprint density at radius 2 is 1.24 bits per heavy atom. The van der Waals surface area contributed by atoms with Crippen LogP contribution in [0.2, 0.25) is 0 Å². The number of hydrogen-bond donors (Lipinski definition) is 0. The van der Waals surface area contributed by atoms with E-state index in [1.165, 1.54) is 18.3 Å². The monoisotopic (exact) mass is 759 g/mol. The molecule has 11 nitrogen and oxygen atoms in total. The van der Waals surface area contributed by atoms with E-state index in [-0.39, 0.29) is 46.7 Å². The van der Waals surface area contributed by atoms with Crippen molar-refractivity contribution in [3.8, 4) is 0 Å². The first-order chi connectivity index (χ1) is 26.7. The maximum atomic E-state index is 14.3. The normalized spacial score (nSPS) is 19.7. The van der Waals surface area contributed by atoms with Gasteiger partial charge in [0, 0.05) is 30.2 Å². The van der Waals surface area contributed by atoms with Gasteiger partial charge in [-0.3, -0.25) is 0 Å². The van der Waals surface area contributed by atoms with Crippen molar-refractivity contribution in [3.63, 3.8) is 0 Å². The molecule has 1 aliphatic heterocycles. The summed E-state index contributed by atoms with van der Waals surface area (Å²) in [7, 11) is -4.23. The number of fused-ring (bicyclic) bond motifs is 1. The smallest absolute Gasteiger partial charge is 0.339 e. The van der Waals surface area contributed by atoms with Crippen LogP contribution in [-0.2, 0) is 39.3 Å². The third kappa shape index (κ3) is 7.52. The topological polar surface area (TPSA) is 136 Å². The lowest BCUT2D eigenvalue weighted by atomic mass is 9.81. The summed E-state index contributed by atoms with van der Waals surface area (Å²) in [5.41, 5.74) is -0.999. The van der Waals surface area contributed by atoms with Crippen LogP contribution in [0, 0.1) is 0 Å². The predicted molar refractivity (Wildman–Crippen MR) is 202 cm³/mol. The lowest BCUT2D eigenvalue weighted by Gasteiger charge is -2.48. The lowest BCUT2D eigenvalue weighted by molar-refractivity contribution is -0.317. The Kier molecular flexibility index (Phi) is 10.9. The number of carbonyl (C=O) groups is 3. The van der Waals surface area contributed by atoms with Gasteiger partial charge in [-0.15, -0.1) is 0 Å². The zero-order chi connectivity index (χ0) is 38.4. The molecule has 0 spiro atoms. The molecule has 0 radical (unpaired) electrons. The van der Waals surface area contributed by atoms with E-state index in [4.69, 9.17) is 23.7 Å². The molecule has 0 aliphatic carbocycles. The van der Waals surface area contributed by atoms with E-state index in [0.717, 1.165) is 3.97 Å². The third-order valence-corrected chi connectivity index (χ3v) is 11.0. The molecule has 0 saturated carbocycles. The fourth-order valence-corrected chi connectivity index (χ4v) is 8.06. The van der Waals surface area contributed by atoms with Gasteiger partial charge >= 0.3 is 17.9 Å². The minimum absolute atomic E-state index is 0.0197. The van der Waals surface area contributed by atoms with Crippen molar-refractivity contribution < 1.29 is 46.5 Å². The van der Waals surface area contributed by atoms with Gasteiger partial charge < -0.3 is 23.7 Å². The maximum absolute atomic E-state index is 14.3. The molecule has 2 heterocycles. The second-order valence-electron chi connectivity index (χ2n) is 12.7. The van der Waals surface area contributed by atoms with Gasteiger partial charge in [-0.2, -0.15) is 0 Å².